The molecule has 0 radical (unpaired) electrons. The number of rotatable bonds is 2. The van der Waals surface area contributed by atoms with E-state index in [1.807, 2.05) is 44.2 Å². The molecule has 0 aliphatic carbocycles. The van der Waals surface area contributed by atoms with Gasteiger partial charge in [0, 0.05) is 5.71 Å². The summed E-state index contributed by atoms with van der Waals surface area (Å²) >= 11 is 0. The van der Waals surface area contributed by atoms with E-state index in [1.54, 1.807) is 0 Å². The molecule has 1 nitrogen and oxygen atoms in total. The lowest BCUT2D eigenvalue weighted by molar-refractivity contribution is 1.48. The maximum absolute atomic E-state index is 4.27. The van der Waals surface area contributed by atoms with Gasteiger partial charge < -0.3 is 0 Å². The van der Waals surface area contributed by atoms with Gasteiger partial charge in [-0.05, 0) is 19.4 Å². The van der Waals surface area contributed by atoms with Crippen molar-refractivity contribution in [1.82, 2.24) is 0 Å². The molecule has 0 aliphatic rings. The van der Waals surface area contributed by atoms with Gasteiger partial charge >= 0.3 is 0 Å². The van der Waals surface area contributed by atoms with Crippen molar-refractivity contribution >= 4 is 11.4 Å². The van der Waals surface area contributed by atoms with Crippen LogP contribution in [-0.2, 0) is 0 Å². The molecule has 62 valence electrons. The first-order chi connectivity index (χ1) is 5.70. The summed E-state index contributed by atoms with van der Waals surface area (Å²) in [7, 11) is 0. The topological polar surface area (TPSA) is 12.4 Å². The van der Waals surface area contributed by atoms with Crippen molar-refractivity contribution < 1.29 is 0 Å². The number of hydrogen-bond donors (Lipinski definition) is 0. The lowest BCUT2D eigenvalue weighted by Crippen LogP contribution is -1.83. The van der Waals surface area contributed by atoms with Crippen molar-refractivity contribution in [3.05, 3.63) is 42.5 Å². The molecule has 1 aromatic carbocycles. The van der Waals surface area contributed by atoms with E-state index in [2.05, 4.69) is 11.6 Å². The summed E-state index contributed by atoms with van der Waals surface area (Å²) in [4.78, 5) is 4.27. The lowest BCUT2D eigenvalue weighted by Gasteiger charge is -1.99. The molecule has 1 heteroatoms. The second kappa shape index (κ2) is 3.86. The van der Waals surface area contributed by atoms with Crippen LogP contribution in [0.25, 0.3) is 5.70 Å². The Morgan fingerprint density at radius 3 is 2.25 bits per heavy atom. The standard InChI is InChI=1S/C11H13N/c1-9(2)12-10(3)11-7-5-4-6-8-11/h4-8H,3H2,1-2H3. The van der Waals surface area contributed by atoms with E-state index >= 15 is 0 Å². The van der Waals surface area contributed by atoms with Crippen molar-refractivity contribution in [3.63, 3.8) is 0 Å². The second-order valence-electron chi connectivity index (χ2n) is 2.87. The van der Waals surface area contributed by atoms with E-state index in [0.717, 1.165) is 17.0 Å². The van der Waals surface area contributed by atoms with Crippen LogP contribution >= 0.6 is 0 Å². The molecule has 0 N–H and O–H groups in total. The Bertz CT molecular complexity index is 292. The number of benzene rings is 1. The van der Waals surface area contributed by atoms with Crippen molar-refractivity contribution in [2.45, 2.75) is 13.8 Å². The quantitative estimate of drug-likeness (QED) is 0.588. The minimum Gasteiger partial charge on any atom is -0.258 e. The van der Waals surface area contributed by atoms with Gasteiger partial charge in [0.15, 0.2) is 0 Å². The number of hydrogen-bond acceptors (Lipinski definition) is 1. The first-order valence-electron chi connectivity index (χ1n) is 3.96. The normalized spacial score (nSPS) is 9.17. The van der Waals surface area contributed by atoms with E-state index in [9.17, 15) is 0 Å². The molecule has 0 heterocycles. The molecule has 0 fully saturated rings. The Balaban J connectivity index is 2.87. The zero-order valence-electron chi connectivity index (χ0n) is 7.54. The SMILES string of the molecule is C=C(N=C(C)C)c1ccccc1. The summed E-state index contributed by atoms with van der Waals surface area (Å²) in [6.45, 7) is 7.81. The Kier molecular flexibility index (Phi) is 2.81. The highest BCUT2D eigenvalue weighted by Crippen LogP contribution is 2.12. The highest BCUT2D eigenvalue weighted by molar-refractivity contribution is 5.85. The third kappa shape index (κ3) is 2.35. The van der Waals surface area contributed by atoms with Crippen LogP contribution in [0.2, 0.25) is 0 Å². The molecule has 0 spiro atoms. The number of aliphatic imine (C=N–C) groups is 1. The second-order valence-corrected chi connectivity index (χ2v) is 2.87. The zero-order valence-corrected chi connectivity index (χ0v) is 7.54. The van der Waals surface area contributed by atoms with Crippen molar-refractivity contribution in [2.75, 3.05) is 0 Å². The molecular weight excluding hydrogens is 146 g/mol. The fourth-order valence-electron chi connectivity index (χ4n) is 0.965. The Labute approximate surface area is 73.5 Å². The molecule has 1 aromatic rings. The van der Waals surface area contributed by atoms with Crippen LogP contribution in [0, 0.1) is 0 Å². The minimum absolute atomic E-state index is 0.829. The third-order valence-electron chi connectivity index (χ3n) is 1.47. The molecule has 0 aliphatic heterocycles. The van der Waals surface area contributed by atoms with Gasteiger partial charge in [-0.3, -0.25) is 4.99 Å². The Hall–Kier alpha value is -1.37. The van der Waals surface area contributed by atoms with Crippen LogP contribution in [0.4, 0.5) is 0 Å². The molecule has 12 heavy (non-hydrogen) atoms. The molecule has 0 bridgehead atoms. The van der Waals surface area contributed by atoms with Crippen molar-refractivity contribution in [1.29, 1.82) is 0 Å². The number of nitrogens with zero attached hydrogens (tertiary/aromatic N) is 1. The minimum atomic E-state index is 0.829. The van der Waals surface area contributed by atoms with E-state index < -0.39 is 0 Å². The van der Waals surface area contributed by atoms with Gasteiger partial charge in [-0.25, -0.2) is 0 Å². The molecular formula is C11H13N. The van der Waals surface area contributed by atoms with Crippen LogP contribution < -0.4 is 0 Å². The smallest absolute Gasteiger partial charge is 0.0629 e. The van der Waals surface area contributed by atoms with Crippen LogP contribution in [0.5, 0.6) is 0 Å². The third-order valence-corrected chi connectivity index (χ3v) is 1.47. The molecule has 0 aromatic heterocycles. The van der Waals surface area contributed by atoms with Crippen LogP contribution in [0.1, 0.15) is 19.4 Å². The highest BCUT2D eigenvalue weighted by atomic mass is 14.7. The summed E-state index contributed by atoms with van der Waals surface area (Å²) in [5.41, 5.74) is 2.94. The van der Waals surface area contributed by atoms with Gasteiger partial charge in [0.05, 0.1) is 5.70 Å². The lowest BCUT2D eigenvalue weighted by atomic mass is 10.2. The maximum Gasteiger partial charge on any atom is 0.0629 e. The predicted molar refractivity (Wildman–Crippen MR) is 54.3 cm³/mol. The zero-order chi connectivity index (χ0) is 8.97. The predicted octanol–water partition coefficient (Wildman–Crippen LogP) is 3.14. The monoisotopic (exact) mass is 159 g/mol. The summed E-state index contributed by atoms with van der Waals surface area (Å²) in [6, 6.07) is 9.98. The Morgan fingerprint density at radius 1 is 1.17 bits per heavy atom. The highest BCUT2D eigenvalue weighted by Gasteiger charge is 1.93. The molecule has 0 saturated carbocycles. The largest absolute Gasteiger partial charge is 0.258 e. The fourth-order valence-corrected chi connectivity index (χ4v) is 0.965. The van der Waals surface area contributed by atoms with E-state index in [4.69, 9.17) is 0 Å². The molecule has 0 unspecified atom stereocenters. The van der Waals surface area contributed by atoms with Gasteiger partial charge in [-0.15, -0.1) is 0 Å². The van der Waals surface area contributed by atoms with Crippen LogP contribution in [-0.4, -0.2) is 5.71 Å². The fraction of sp³-hybridized carbons (Fsp3) is 0.182. The molecule has 0 amide bonds. The van der Waals surface area contributed by atoms with Gasteiger partial charge in [0.25, 0.3) is 0 Å². The first-order valence-corrected chi connectivity index (χ1v) is 3.96. The van der Waals surface area contributed by atoms with Crippen LogP contribution in [0.3, 0.4) is 0 Å². The molecule has 0 atom stereocenters. The van der Waals surface area contributed by atoms with Crippen molar-refractivity contribution in [3.8, 4) is 0 Å². The van der Waals surface area contributed by atoms with E-state index in [1.165, 1.54) is 0 Å². The molecule has 0 saturated heterocycles. The van der Waals surface area contributed by atoms with Gasteiger partial charge in [0.1, 0.15) is 0 Å². The van der Waals surface area contributed by atoms with E-state index in [-0.39, 0.29) is 0 Å². The average molecular weight is 159 g/mol. The molecule has 1 rings (SSSR count). The summed E-state index contributed by atoms with van der Waals surface area (Å²) < 4.78 is 0. The van der Waals surface area contributed by atoms with Gasteiger partial charge in [-0.2, -0.15) is 0 Å². The van der Waals surface area contributed by atoms with Crippen molar-refractivity contribution in [2.24, 2.45) is 4.99 Å². The summed E-state index contributed by atoms with van der Waals surface area (Å²) in [5, 5.41) is 0. The van der Waals surface area contributed by atoms with Gasteiger partial charge in [-0.1, -0.05) is 36.9 Å². The average Bonchev–Trinajstić information content (AvgIpc) is 2.05. The first kappa shape index (κ1) is 8.72. The Morgan fingerprint density at radius 2 is 1.75 bits per heavy atom. The van der Waals surface area contributed by atoms with Gasteiger partial charge in [0.2, 0.25) is 0 Å². The van der Waals surface area contributed by atoms with Crippen LogP contribution in [0.15, 0.2) is 41.9 Å². The summed E-state index contributed by atoms with van der Waals surface area (Å²) in [6.07, 6.45) is 0. The maximum atomic E-state index is 4.27. The van der Waals surface area contributed by atoms with E-state index in [0.29, 0.717) is 0 Å². The summed E-state index contributed by atoms with van der Waals surface area (Å²) in [5.74, 6) is 0.